The number of unbranched alkanes of at least 4 members (excludes halogenated alkanes) is 27. The normalized spacial score (nSPS) is 11.4. The Kier molecular flexibility index (Phi) is 38.7. The molecule has 4 nitrogen and oxygen atoms in total. The van der Waals surface area contributed by atoms with Gasteiger partial charge < -0.3 is 10.9 Å². The van der Waals surface area contributed by atoms with E-state index in [2.05, 4.69) is 20.8 Å². The topological polar surface area (TPSA) is 75.7 Å². The van der Waals surface area contributed by atoms with Crippen LogP contribution in [0.2, 0.25) is 0 Å². The molecule has 0 aromatic carbocycles. The van der Waals surface area contributed by atoms with Crippen LogP contribution < -0.4 is 5.73 Å². The molecule has 0 amide bonds. The van der Waals surface area contributed by atoms with Gasteiger partial charge in [0, 0.05) is 5.54 Å². The van der Waals surface area contributed by atoms with Crippen LogP contribution in [0.1, 0.15) is 233 Å². The van der Waals surface area contributed by atoms with Crippen LogP contribution in [0, 0.1) is 4.91 Å². The first kappa shape index (κ1) is 42.5. The molecule has 0 aliphatic rings. The van der Waals surface area contributed by atoms with E-state index in [4.69, 9.17) is 15.8 Å². The fourth-order valence-corrected chi connectivity index (χ4v) is 6.27. The van der Waals surface area contributed by atoms with E-state index in [1.807, 2.05) is 0 Å². The van der Waals surface area contributed by atoms with Crippen LogP contribution in [0.3, 0.4) is 0 Å². The van der Waals surface area contributed by atoms with Gasteiger partial charge in [0.25, 0.3) is 0 Å². The molecule has 0 atom stereocenters. The molecule has 0 aromatic heterocycles. The summed E-state index contributed by atoms with van der Waals surface area (Å²) < 4.78 is 0. The molecule has 41 heavy (non-hydrogen) atoms. The molecular weight excluding hydrogens is 504 g/mol. The first-order valence-corrected chi connectivity index (χ1v) is 18.9. The molecule has 0 saturated heterocycles. The zero-order valence-electron chi connectivity index (χ0n) is 28.7. The van der Waals surface area contributed by atoms with E-state index < -0.39 is 0 Å². The van der Waals surface area contributed by atoms with Gasteiger partial charge in [-0.2, -0.15) is 0 Å². The summed E-state index contributed by atoms with van der Waals surface area (Å²) in [6, 6.07) is 0. The van der Waals surface area contributed by atoms with Crippen molar-refractivity contribution in [1.82, 2.24) is 0 Å². The Bertz CT molecular complexity index is 412. The van der Waals surface area contributed by atoms with E-state index in [0.717, 1.165) is 0 Å². The Hall–Kier alpha value is -0.640. The predicted octanol–water partition coefficient (Wildman–Crippen LogP) is 13.8. The minimum absolute atomic E-state index is 0.125. The van der Waals surface area contributed by atoms with Gasteiger partial charge in [0.1, 0.15) is 0 Å². The maximum absolute atomic E-state index is 8.11. The van der Waals surface area contributed by atoms with Crippen molar-refractivity contribution in [3.63, 3.8) is 0 Å². The fourth-order valence-electron chi connectivity index (χ4n) is 6.27. The highest BCUT2D eigenvalue weighted by Gasteiger charge is 2.23. The summed E-state index contributed by atoms with van der Waals surface area (Å²) in [6.07, 6.45) is 46.6. The standard InChI is InChI=1S/C37H77N.HNO2/c1-4-7-10-13-16-19-22-25-28-31-34-37(38,35-32-29-26-23-20-17-14-11-8-5-2)36-33-30-27-24-21-18-15-12-9-6-3;2-1-3/h4-36,38H2,1-3H3;(H,2,3). The molecule has 4 heteroatoms. The summed E-state index contributed by atoms with van der Waals surface area (Å²) in [5, 5.41) is 7.89. The lowest BCUT2D eigenvalue weighted by Gasteiger charge is -2.30. The van der Waals surface area contributed by atoms with Crippen LogP contribution in [-0.2, 0) is 0 Å². The maximum Gasteiger partial charge on any atom is 0.152 e. The van der Waals surface area contributed by atoms with Gasteiger partial charge in [-0.3, -0.25) is 0 Å². The highest BCUT2D eigenvalue weighted by atomic mass is 16.6. The van der Waals surface area contributed by atoms with Crippen LogP contribution in [0.4, 0.5) is 0 Å². The van der Waals surface area contributed by atoms with Gasteiger partial charge in [-0.25, -0.2) is 0 Å². The molecule has 0 radical (unpaired) electrons. The Labute approximate surface area is 259 Å². The second-order valence-electron chi connectivity index (χ2n) is 13.2. The average Bonchev–Trinajstić information content (AvgIpc) is 2.96. The summed E-state index contributed by atoms with van der Waals surface area (Å²) in [4.78, 5) is 8.11. The van der Waals surface area contributed by atoms with Crippen molar-refractivity contribution in [3.05, 3.63) is 4.91 Å². The van der Waals surface area contributed by atoms with Gasteiger partial charge in [-0.15, -0.1) is 4.91 Å². The van der Waals surface area contributed by atoms with Crippen molar-refractivity contribution >= 4 is 0 Å². The van der Waals surface area contributed by atoms with Crippen LogP contribution in [0.15, 0.2) is 5.34 Å². The first-order valence-electron chi connectivity index (χ1n) is 18.9. The van der Waals surface area contributed by atoms with E-state index in [-0.39, 0.29) is 5.54 Å². The number of hydrogen-bond acceptors (Lipinski definition) is 3. The second-order valence-corrected chi connectivity index (χ2v) is 13.2. The molecule has 0 saturated carbocycles. The van der Waals surface area contributed by atoms with E-state index in [1.54, 1.807) is 0 Å². The molecule has 0 heterocycles. The fraction of sp³-hybridized carbons (Fsp3) is 1.00. The Balaban J connectivity index is 0. The third-order valence-corrected chi connectivity index (χ3v) is 9.08. The van der Waals surface area contributed by atoms with Gasteiger partial charge in [0.05, 0.1) is 0 Å². The van der Waals surface area contributed by atoms with E-state index in [1.165, 1.54) is 217 Å². The number of rotatable bonds is 33. The van der Waals surface area contributed by atoms with Crippen molar-refractivity contribution in [2.75, 3.05) is 0 Å². The van der Waals surface area contributed by atoms with Crippen LogP contribution in [0.5, 0.6) is 0 Å². The highest BCUT2D eigenvalue weighted by Crippen LogP contribution is 2.27. The monoisotopic (exact) mass is 583 g/mol. The Morgan fingerprint density at radius 1 is 0.390 bits per heavy atom. The van der Waals surface area contributed by atoms with Crippen molar-refractivity contribution in [2.24, 2.45) is 11.1 Å². The average molecular weight is 583 g/mol. The molecule has 3 N–H and O–H groups in total. The number of nitrogens with two attached hydrogens (primary N) is 1. The smallest absolute Gasteiger partial charge is 0.152 e. The molecule has 0 bridgehead atoms. The quantitative estimate of drug-likeness (QED) is 0.0459. The number of hydrogen-bond donors (Lipinski definition) is 2. The first-order chi connectivity index (χ1) is 20.1. The summed E-state index contributed by atoms with van der Waals surface area (Å²) in [5.41, 5.74) is 7.25. The zero-order valence-corrected chi connectivity index (χ0v) is 28.7. The van der Waals surface area contributed by atoms with Crippen LogP contribution >= 0.6 is 0 Å². The van der Waals surface area contributed by atoms with Gasteiger partial charge in [-0.05, 0) is 19.3 Å². The largest absolute Gasteiger partial charge is 0.379 e. The third-order valence-electron chi connectivity index (χ3n) is 9.08. The molecule has 0 aliphatic heterocycles. The molecule has 248 valence electrons. The minimum Gasteiger partial charge on any atom is -0.379 e. The van der Waals surface area contributed by atoms with Crippen molar-refractivity contribution in [2.45, 2.75) is 238 Å². The molecule has 0 aromatic rings. The molecule has 0 aliphatic carbocycles. The molecule has 0 fully saturated rings. The van der Waals surface area contributed by atoms with Crippen molar-refractivity contribution in [3.8, 4) is 0 Å². The van der Waals surface area contributed by atoms with Gasteiger partial charge in [0.2, 0.25) is 0 Å². The Morgan fingerprint density at radius 2 is 0.537 bits per heavy atom. The summed E-state index contributed by atoms with van der Waals surface area (Å²) in [6.45, 7) is 6.93. The van der Waals surface area contributed by atoms with Gasteiger partial charge >= 0.3 is 0 Å². The van der Waals surface area contributed by atoms with Crippen molar-refractivity contribution in [1.29, 1.82) is 0 Å². The van der Waals surface area contributed by atoms with E-state index in [0.29, 0.717) is 0 Å². The third kappa shape index (κ3) is 37.3. The highest BCUT2D eigenvalue weighted by molar-refractivity contribution is 4.84. The lowest BCUT2D eigenvalue weighted by Crippen LogP contribution is -2.39. The lowest BCUT2D eigenvalue weighted by molar-refractivity contribution is 0.302. The second kappa shape index (κ2) is 37.4. The maximum atomic E-state index is 8.11. The summed E-state index contributed by atoms with van der Waals surface area (Å²) >= 11 is 0. The molecular formula is C37H78N2O2. The SMILES string of the molecule is CCCCCCCCCCCCC(N)(CCCCCCCCCCCC)CCCCCCCCCCCC.O=NO. The zero-order chi connectivity index (χ0) is 30.5. The predicted molar refractivity (Wildman–Crippen MR) is 184 cm³/mol. The summed E-state index contributed by atoms with van der Waals surface area (Å²) in [5.74, 6) is 0. The number of nitrogens with zero attached hydrogens (tertiary/aromatic N) is 1. The van der Waals surface area contributed by atoms with Crippen LogP contribution in [-0.4, -0.2) is 10.7 Å². The Morgan fingerprint density at radius 3 is 0.707 bits per heavy atom. The van der Waals surface area contributed by atoms with Gasteiger partial charge in [0.15, 0.2) is 5.34 Å². The lowest BCUT2D eigenvalue weighted by atomic mass is 9.82. The van der Waals surface area contributed by atoms with E-state index >= 15 is 0 Å². The minimum atomic E-state index is 0.125. The van der Waals surface area contributed by atoms with Crippen LogP contribution in [0.25, 0.3) is 0 Å². The molecule has 0 spiro atoms. The van der Waals surface area contributed by atoms with E-state index in [9.17, 15) is 0 Å². The van der Waals surface area contributed by atoms with Gasteiger partial charge in [-0.1, -0.05) is 213 Å². The van der Waals surface area contributed by atoms with Crippen molar-refractivity contribution < 1.29 is 5.21 Å². The molecule has 0 rings (SSSR count). The molecule has 0 unspecified atom stereocenters. The summed E-state index contributed by atoms with van der Waals surface area (Å²) in [7, 11) is 0.